The predicted molar refractivity (Wildman–Crippen MR) is 117 cm³/mol. The molecule has 2 aromatic carbocycles. The number of nitro benzene ring substituents is 1. The van der Waals surface area contributed by atoms with Crippen molar-refractivity contribution in [1.82, 2.24) is 9.78 Å². The van der Waals surface area contributed by atoms with E-state index < -0.39 is 28.0 Å². The smallest absolute Gasteiger partial charge is 0.360 e. The van der Waals surface area contributed by atoms with Crippen LogP contribution in [0.25, 0.3) is 5.69 Å². The van der Waals surface area contributed by atoms with Crippen molar-refractivity contribution in [3.05, 3.63) is 90.8 Å². The molecule has 1 N–H and O–H groups in total. The zero-order valence-electron chi connectivity index (χ0n) is 17.0. The van der Waals surface area contributed by atoms with Gasteiger partial charge < -0.3 is 10.1 Å². The highest BCUT2D eigenvalue weighted by atomic mass is 35.5. The average Bonchev–Trinajstić information content (AvgIpc) is 2.75. The minimum Gasteiger partial charge on any atom is -0.461 e. The second-order valence-corrected chi connectivity index (χ2v) is 7.00. The van der Waals surface area contributed by atoms with Crippen LogP contribution < -0.4 is 10.9 Å². The highest BCUT2D eigenvalue weighted by Gasteiger charge is 2.22. The maximum absolute atomic E-state index is 12.7. The summed E-state index contributed by atoms with van der Waals surface area (Å²) in [6.07, 6.45) is 0. The van der Waals surface area contributed by atoms with E-state index in [1.165, 1.54) is 12.1 Å². The van der Waals surface area contributed by atoms with Gasteiger partial charge in [0.25, 0.3) is 17.2 Å². The molecule has 0 radical (unpaired) electrons. The fourth-order valence-corrected chi connectivity index (χ4v) is 2.95. The molecule has 0 aliphatic rings. The van der Waals surface area contributed by atoms with E-state index >= 15 is 0 Å². The van der Waals surface area contributed by atoms with E-state index in [0.717, 1.165) is 22.4 Å². The number of aryl methyl sites for hydroxylation is 1. The summed E-state index contributed by atoms with van der Waals surface area (Å²) in [5, 5.41) is 17.4. The molecule has 0 aliphatic carbocycles. The first-order chi connectivity index (χ1) is 15.2. The molecule has 3 aromatic rings. The van der Waals surface area contributed by atoms with E-state index in [1.807, 2.05) is 6.92 Å². The topological polar surface area (TPSA) is 133 Å². The quantitative estimate of drug-likeness (QED) is 0.340. The third-order valence-electron chi connectivity index (χ3n) is 4.33. The van der Waals surface area contributed by atoms with Crippen LogP contribution in [0.15, 0.2) is 53.3 Å². The molecule has 32 heavy (non-hydrogen) atoms. The third kappa shape index (κ3) is 4.81. The Morgan fingerprint density at radius 1 is 1.19 bits per heavy atom. The van der Waals surface area contributed by atoms with Crippen LogP contribution in [0.1, 0.15) is 33.3 Å². The number of benzene rings is 2. The Kier molecular flexibility index (Phi) is 6.64. The van der Waals surface area contributed by atoms with Gasteiger partial charge in [-0.25, -0.2) is 4.79 Å². The second kappa shape index (κ2) is 9.40. The Morgan fingerprint density at radius 3 is 2.50 bits per heavy atom. The Labute approximate surface area is 186 Å². The number of esters is 1. The number of aromatic nitrogens is 2. The van der Waals surface area contributed by atoms with Crippen molar-refractivity contribution in [3.8, 4) is 5.69 Å². The molecule has 164 valence electrons. The Balaban J connectivity index is 2.04. The Morgan fingerprint density at radius 2 is 1.88 bits per heavy atom. The lowest BCUT2D eigenvalue weighted by Crippen LogP contribution is -2.27. The normalized spacial score (nSPS) is 10.5. The number of ether oxygens (including phenoxy) is 1. The number of anilines is 1. The van der Waals surface area contributed by atoms with Crippen LogP contribution in [0.2, 0.25) is 5.02 Å². The zero-order valence-corrected chi connectivity index (χ0v) is 17.8. The molecule has 0 atom stereocenters. The lowest BCUT2D eigenvalue weighted by atomic mass is 10.2. The van der Waals surface area contributed by atoms with Crippen LogP contribution in [0.4, 0.5) is 11.4 Å². The predicted octanol–water partition coefficient (Wildman–Crippen LogP) is 3.53. The molecule has 0 bridgehead atoms. The maximum Gasteiger partial charge on any atom is 0.360 e. The van der Waals surface area contributed by atoms with E-state index in [-0.39, 0.29) is 28.6 Å². The van der Waals surface area contributed by atoms with E-state index in [2.05, 4.69) is 10.4 Å². The highest BCUT2D eigenvalue weighted by Crippen LogP contribution is 2.25. The average molecular weight is 457 g/mol. The fourth-order valence-electron chi connectivity index (χ4n) is 2.76. The molecule has 0 saturated carbocycles. The Hall–Kier alpha value is -4.05. The van der Waals surface area contributed by atoms with Crippen LogP contribution in [-0.4, -0.2) is 33.2 Å². The van der Waals surface area contributed by atoms with E-state index in [0.29, 0.717) is 5.69 Å². The number of amides is 1. The number of carbonyl (C=O) groups is 2. The van der Waals surface area contributed by atoms with Crippen molar-refractivity contribution in [2.45, 2.75) is 13.8 Å². The summed E-state index contributed by atoms with van der Waals surface area (Å²) in [6.45, 7) is 3.52. The van der Waals surface area contributed by atoms with Crippen molar-refractivity contribution < 1.29 is 19.2 Å². The first-order valence-corrected chi connectivity index (χ1v) is 9.73. The molecular formula is C21H17ClN4O6. The molecule has 0 aliphatic heterocycles. The van der Waals surface area contributed by atoms with E-state index in [9.17, 15) is 24.5 Å². The Bertz CT molecular complexity index is 1270. The molecule has 0 spiro atoms. The van der Waals surface area contributed by atoms with Gasteiger partial charge in [0.1, 0.15) is 5.02 Å². The lowest BCUT2D eigenvalue weighted by Gasteiger charge is -2.12. The standard InChI is InChI=1S/C21H17ClN4O6/c1-3-32-21(29)19-16(11-18(27)25(24-19)14-7-4-12(2)5-8-14)23-20(28)13-6-9-15(22)17(10-13)26(30)31/h4-11H,3H2,1-2H3,(H,23,28). The van der Waals surface area contributed by atoms with Crippen molar-refractivity contribution in [2.75, 3.05) is 11.9 Å². The number of hydrogen-bond donors (Lipinski definition) is 1. The molecule has 0 fully saturated rings. The molecule has 10 nitrogen and oxygen atoms in total. The van der Waals surface area contributed by atoms with E-state index in [4.69, 9.17) is 16.3 Å². The van der Waals surface area contributed by atoms with Crippen LogP contribution in [0, 0.1) is 17.0 Å². The molecule has 1 amide bonds. The van der Waals surface area contributed by atoms with Crippen molar-refractivity contribution in [1.29, 1.82) is 0 Å². The van der Waals surface area contributed by atoms with Crippen LogP contribution in [-0.2, 0) is 4.74 Å². The summed E-state index contributed by atoms with van der Waals surface area (Å²) in [5.74, 6) is -1.66. The number of rotatable bonds is 6. The van der Waals surface area contributed by atoms with Gasteiger partial charge in [-0.15, -0.1) is 0 Å². The number of halogens is 1. The first-order valence-electron chi connectivity index (χ1n) is 9.35. The number of nitrogens with zero attached hydrogens (tertiary/aromatic N) is 3. The first kappa shape index (κ1) is 22.6. The second-order valence-electron chi connectivity index (χ2n) is 6.59. The van der Waals surface area contributed by atoms with Gasteiger partial charge in [-0.05, 0) is 38.1 Å². The van der Waals surface area contributed by atoms with Gasteiger partial charge in [-0.2, -0.15) is 9.78 Å². The van der Waals surface area contributed by atoms with Crippen LogP contribution in [0.3, 0.4) is 0 Å². The van der Waals surface area contributed by atoms with Crippen LogP contribution in [0.5, 0.6) is 0 Å². The van der Waals surface area contributed by atoms with Gasteiger partial charge in [-0.3, -0.25) is 19.7 Å². The van der Waals surface area contributed by atoms with Gasteiger partial charge in [-0.1, -0.05) is 29.3 Å². The number of nitrogens with one attached hydrogen (secondary N) is 1. The van der Waals surface area contributed by atoms with Gasteiger partial charge in [0.2, 0.25) is 0 Å². The van der Waals surface area contributed by atoms with Crippen LogP contribution >= 0.6 is 11.6 Å². The van der Waals surface area contributed by atoms with Gasteiger partial charge in [0, 0.05) is 17.7 Å². The molecular weight excluding hydrogens is 440 g/mol. The van der Waals surface area contributed by atoms with Gasteiger partial charge >= 0.3 is 5.97 Å². The third-order valence-corrected chi connectivity index (χ3v) is 4.65. The number of hydrogen-bond acceptors (Lipinski definition) is 7. The number of carbonyl (C=O) groups excluding carboxylic acids is 2. The summed E-state index contributed by atoms with van der Waals surface area (Å²) < 4.78 is 6.01. The summed E-state index contributed by atoms with van der Waals surface area (Å²) in [5.41, 5.74) is -0.287. The number of nitro groups is 1. The SMILES string of the molecule is CCOC(=O)c1nn(-c2ccc(C)cc2)c(=O)cc1NC(=O)c1ccc(Cl)c([N+](=O)[O-])c1. The summed E-state index contributed by atoms with van der Waals surface area (Å²) in [4.78, 5) is 48.1. The summed E-state index contributed by atoms with van der Waals surface area (Å²) >= 11 is 5.78. The van der Waals surface area contributed by atoms with Crippen molar-refractivity contribution in [2.24, 2.45) is 0 Å². The largest absolute Gasteiger partial charge is 0.461 e. The fraction of sp³-hybridized carbons (Fsp3) is 0.143. The summed E-state index contributed by atoms with van der Waals surface area (Å²) in [7, 11) is 0. The molecule has 11 heteroatoms. The maximum atomic E-state index is 12.7. The van der Waals surface area contributed by atoms with Crippen molar-refractivity contribution in [3.63, 3.8) is 0 Å². The molecule has 1 aromatic heterocycles. The highest BCUT2D eigenvalue weighted by molar-refractivity contribution is 6.32. The lowest BCUT2D eigenvalue weighted by molar-refractivity contribution is -0.384. The molecule has 0 saturated heterocycles. The van der Waals surface area contributed by atoms with Crippen molar-refractivity contribution >= 4 is 34.9 Å². The zero-order chi connectivity index (χ0) is 23.4. The van der Waals surface area contributed by atoms with E-state index in [1.54, 1.807) is 31.2 Å². The molecule has 1 heterocycles. The minimum absolute atomic E-state index is 0.0426. The molecule has 0 unspecified atom stereocenters. The minimum atomic E-state index is -0.856. The van der Waals surface area contributed by atoms with Gasteiger partial charge in [0.15, 0.2) is 5.69 Å². The van der Waals surface area contributed by atoms with Gasteiger partial charge in [0.05, 0.1) is 22.9 Å². The summed E-state index contributed by atoms with van der Waals surface area (Å²) in [6, 6.07) is 11.4. The molecule has 3 rings (SSSR count). The monoisotopic (exact) mass is 456 g/mol.